The lowest BCUT2D eigenvalue weighted by Gasteiger charge is -2.11. The van der Waals surface area contributed by atoms with E-state index in [0.29, 0.717) is 10.9 Å². The number of thiophene rings is 1. The van der Waals surface area contributed by atoms with E-state index in [9.17, 15) is 5.11 Å². The van der Waals surface area contributed by atoms with E-state index in [1.807, 2.05) is 24.3 Å². The number of nitrogens with one attached hydrogen (secondary N) is 1. The summed E-state index contributed by atoms with van der Waals surface area (Å²) in [6.07, 6.45) is -0.494. The normalized spacial score (nSPS) is 12.6. The van der Waals surface area contributed by atoms with Crippen LogP contribution in [-0.2, 0) is 6.54 Å². The number of hydrogen-bond acceptors (Lipinski definition) is 3. The maximum absolute atomic E-state index is 9.97. The first kappa shape index (κ1) is 13.6. The smallest absolute Gasteiger partial charge is 0.101 e. The Morgan fingerprint density at radius 2 is 2.06 bits per heavy atom. The lowest BCUT2D eigenvalue weighted by atomic mass is 10.1. The first-order valence-electron chi connectivity index (χ1n) is 5.85. The molecule has 0 aliphatic rings. The molecule has 2 nitrogen and oxygen atoms in total. The largest absolute Gasteiger partial charge is 0.386 e. The van der Waals surface area contributed by atoms with Gasteiger partial charge in [-0.3, -0.25) is 0 Å². The van der Waals surface area contributed by atoms with Crippen LogP contribution in [-0.4, -0.2) is 11.7 Å². The third kappa shape index (κ3) is 3.56. The summed E-state index contributed by atoms with van der Waals surface area (Å²) in [4.78, 5) is 0.900. The topological polar surface area (TPSA) is 32.3 Å². The van der Waals surface area contributed by atoms with Gasteiger partial charge in [0, 0.05) is 18.0 Å². The molecular weight excluding hydrogens is 266 g/mol. The van der Waals surface area contributed by atoms with Gasteiger partial charge in [-0.2, -0.15) is 0 Å². The molecule has 0 aliphatic carbocycles. The zero-order valence-electron chi connectivity index (χ0n) is 10.2. The molecule has 2 N–H and O–H groups in total. The maximum Gasteiger partial charge on any atom is 0.101 e. The SMILES string of the molecule is Cc1ccccc1CNCC(O)c1ccc(Cl)s1. The van der Waals surface area contributed by atoms with Crippen LogP contribution >= 0.6 is 22.9 Å². The van der Waals surface area contributed by atoms with E-state index < -0.39 is 6.10 Å². The second-order valence-electron chi connectivity index (χ2n) is 4.22. The van der Waals surface area contributed by atoms with Crippen LogP contribution in [0, 0.1) is 6.92 Å². The number of aliphatic hydroxyl groups is 1. The summed E-state index contributed by atoms with van der Waals surface area (Å²) in [6, 6.07) is 11.9. The van der Waals surface area contributed by atoms with Crippen molar-refractivity contribution in [2.45, 2.75) is 19.6 Å². The third-order valence-electron chi connectivity index (χ3n) is 2.84. The Morgan fingerprint density at radius 1 is 1.28 bits per heavy atom. The Bertz CT molecular complexity index is 512. The molecule has 0 saturated heterocycles. The van der Waals surface area contributed by atoms with Crippen molar-refractivity contribution < 1.29 is 5.11 Å². The van der Waals surface area contributed by atoms with E-state index in [0.717, 1.165) is 11.4 Å². The van der Waals surface area contributed by atoms with Crippen LogP contribution in [0.4, 0.5) is 0 Å². The van der Waals surface area contributed by atoms with Crippen LogP contribution in [0.15, 0.2) is 36.4 Å². The molecule has 1 atom stereocenters. The average Bonchev–Trinajstić information content (AvgIpc) is 2.78. The molecule has 2 aromatic rings. The Labute approximate surface area is 116 Å². The van der Waals surface area contributed by atoms with Crippen molar-refractivity contribution in [1.82, 2.24) is 5.32 Å². The van der Waals surface area contributed by atoms with E-state index >= 15 is 0 Å². The highest BCUT2D eigenvalue weighted by Crippen LogP contribution is 2.26. The van der Waals surface area contributed by atoms with Gasteiger partial charge < -0.3 is 10.4 Å². The summed E-state index contributed by atoms with van der Waals surface area (Å²) in [6.45, 7) is 3.39. The molecule has 0 saturated carbocycles. The fourth-order valence-electron chi connectivity index (χ4n) is 1.76. The Morgan fingerprint density at radius 3 is 2.72 bits per heavy atom. The fraction of sp³-hybridized carbons (Fsp3) is 0.286. The Balaban J connectivity index is 1.84. The zero-order valence-corrected chi connectivity index (χ0v) is 11.8. The molecule has 0 amide bonds. The number of benzene rings is 1. The molecule has 2 rings (SSSR count). The van der Waals surface area contributed by atoms with Crippen molar-refractivity contribution in [3.63, 3.8) is 0 Å². The highest BCUT2D eigenvalue weighted by atomic mass is 35.5. The molecule has 4 heteroatoms. The summed E-state index contributed by atoms with van der Waals surface area (Å²) < 4.78 is 0.711. The van der Waals surface area contributed by atoms with Crippen molar-refractivity contribution in [3.8, 4) is 0 Å². The van der Waals surface area contributed by atoms with Gasteiger partial charge in [-0.25, -0.2) is 0 Å². The number of aliphatic hydroxyl groups excluding tert-OH is 1. The van der Waals surface area contributed by atoms with Crippen molar-refractivity contribution in [1.29, 1.82) is 0 Å². The summed E-state index contributed by atoms with van der Waals surface area (Å²) in [5.74, 6) is 0. The minimum atomic E-state index is -0.494. The van der Waals surface area contributed by atoms with E-state index in [2.05, 4.69) is 24.4 Å². The summed E-state index contributed by atoms with van der Waals surface area (Å²) in [5.41, 5.74) is 2.52. The lowest BCUT2D eigenvalue weighted by molar-refractivity contribution is 0.178. The van der Waals surface area contributed by atoms with Crippen LogP contribution in [0.25, 0.3) is 0 Å². The van der Waals surface area contributed by atoms with Gasteiger partial charge in [0.05, 0.1) is 4.34 Å². The predicted octanol–water partition coefficient (Wildman–Crippen LogP) is 3.53. The van der Waals surface area contributed by atoms with Gasteiger partial charge in [0.2, 0.25) is 0 Å². The molecule has 1 aromatic heterocycles. The van der Waals surface area contributed by atoms with E-state index in [-0.39, 0.29) is 0 Å². The molecule has 96 valence electrons. The maximum atomic E-state index is 9.97. The molecule has 1 unspecified atom stereocenters. The third-order valence-corrected chi connectivity index (χ3v) is 4.17. The molecule has 0 radical (unpaired) electrons. The van der Waals surface area contributed by atoms with Crippen molar-refractivity contribution in [2.24, 2.45) is 0 Å². The van der Waals surface area contributed by atoms with Crippen LogP contribution in [0.2, 0.25) is 4.34 Å². The van der Waals surface area contributed by atoms with Gasteiger partial charge in [-0.05, 0) is 30.2 Å². The minimum absolute atomic E-state index is 0.494. The molecule has 1 aromatic carbocycles. The highest BCUT2D eigenvalue weighted by molar-refractivity contribution is 7.16. The molecule has 0 spiro atoms. The van der Waals surface area contributed by atoms with Crippen molar-refractivity contribution in [2.75, 3.05) is 6.54 Å². The van der Waals surface area contributed by atoms with E-state index in [1.165, 1.54) is 22.5 Å². The summed E-state index contributed by atoms with van der Waals surface area (Å²) in [7, 11) is 0. The number of halogens is 1. The van der Waals surface area contributed by atoms with Gasteiger partial charge in [0.25, 0.3) is 0 Å². The number of hydrogen-bond donors (Lipinski definition) is 2. The van der Waals surface area contributed by atoms with Crippen LogP contribution in [0.5, 0.6) is 0 Å². The molecular formula is C14H16ClNOS. The van der Waals surface area contributed by atoms with Crippen LogP contribution < -0.4 is 5.32 Å². The molecule has 0 aliphatic heterocycles. The minimum Gasteiger partial charge on any atom is -0.386 e. The van der Waals surface area contributed by atoms with E-state index in [1.54, 1.807) is 0 Å². The lowest BCUT2D eigenvalue weighted by Crippen LogP contribution is -2.20. The summed E-state index contributed by atoms with van der Waals surface area (Å²) in [5, 5.41) is 13.2. The van der Waals surface area contributed by atoms with Gasteiger partial charge >= 0.3 is 0 Å². The monoisotopic (exact) mass is 281 g/mol. The predicted molar refractivity (Wildman–Crippen MR) is 77.2 cm³/mol. The number of aryl methyl sites for hydroxylation is 1. The van der Waals surface area contributed by atoms with Crippen molar-refractivity contribution >= 4 is 22.9 Å². The van der Waals surface area contributed by atoms with Crippen molar-refractivity contribution in [3.05, 3.63) is 56.7 Å². The average molecular weight is 282 g/mol. The van der Waals surface area contributed by atoms with Gasteiger partial charge in [0.15, 0.2) is 0 Å². The number of rotatable bonds is 5. The molecule has 0 bridgehead atoms. The van der Waals surface area contributed by atoms with Gasteiger partial charge in [-0.1, -0.05) is 35.9 Å². The van der Waals surface area contributed by atoms with Crippen LogP contribution in [0.3, 0.4) is 0 Å². The molecule has 0 fully saturated rings. The first-order chi connectivity index (χ1) is 8.66. The fourth-order valence-corrected chi connectivity index (χ4v) is 2.81. The zero-order chi connectivity index (χ0) is 13.0. The van der Waals surface area contributed by atoms with Gasteiger partial charge in [0.1, 0.15) is 6.10 Å². The second kappa shape index (κ2) is 6.34. The second-order valence-corrected chi connectivity index (χ2v) is 5.96. The van der Waals surface area contributed by atoms with Gasteiger partial charge in [-0.15, -0.1) is 11.3 Å². The quantitative estimate of drug-likeness (QED) is 0.879. The molecule has 18 heavy (non-hydrogen) atoms. The first-order valence-corrected chi connectivity index (χ1v) is 7.05. The highest BCUT2D eigenvalue weighted by Gasteiger charge is 2.09. The van der Waals surface area contributed by atoms with E-state index in [4.69, 9.17) is 11.6 Å². The Kier molecular flexibility index (Phi) is 4.78. The summed E-state index contributed by atoms with van der Waals surface area (Å²) >= 11 is 7.26. The van der Waals surface area contributed by atoms with Crippen LogP contribution in [0.1, 0.15) is 22.1 Å². The molecule has 1 heterocycles. The standard InChI is InChI=1S/C14H16ClNOS/c1-10-4-2-3-5-11(10)8-16-9-12(17)13-6-7-14(15)18-13/h2-7,12,16-17H,8-9H2,1H3. The Hall–Kier alpha value is -0.870.